The van der Waals surface area contributed by atoms with Crippen molar-refractivity contribution in [3.8, 4) is 0 Å². The summed E-state index contributed by atoms with van der Waals surface area (Å²) in [5.41, 5.74) is 0. The van der Waals surface area contributed by atoms with Crippen LogP contribution in [-0.2, 0) is 19.1 Å². The summed E-state index contributed by atoms with van der Waals surface area (Å²) in [6, 6.07) is 1.53. The number of esters is 2. The van der Waals surface area contributed by atoms with E-state index in [2.05, 4.69) is 24.5 Å². The third kappa shape index (κ3) is 9.85. The first kappa shape index (κ1) is 27.4. The van der Waals surface area contributed by atoms with Crippen LogP contribution < -0.4 is 10.6 Å². The summed E-state index contributed by atoms with van der Waals surface area (Å²) < 4.78 is 11.6. The predicted molar refractivity (Wildman–Crippen MR) is 136 cm³/mol. The Morgan fingerprint density at radius 3 is 1.32 bits per heavy atom. The molecule has 6 aliphatic rings. The molecular formula is C28H50N2O4. The van der Waals surface area contributed by atoms with Crippen molar-refractivity contribution in [2.45, 2.75) is 166 Å². The van der Waals surface area contributed by atoms with Gasteiger partial charge in [-0.1, -0.05) is 51.4 Å². The van der Waals surface area contributed by atoms with E-state index in [4.69, 9.17) is 9.47 Å². The van der Waals surface area contributed by atoms with E-state index >= 15 is 0 Å². The normalized spacial score (nSPS) is 36.5. The summed E-state index contributed by atoms with van der Waals surface area (Å²) in [6.07, 6.45) is 18.9. The first-order chi connectivity index (χ1) is 16.5. The van der Waals surface area contributed by atoms with Gasteiger partial charge in [0.2, 0.25) is 0 Å². The Morgan fingerprint density at radius 2 is 0.912 bits per heavy atom. The van der Waals surface area contributed by atoms with E-state index in [1.807, 2.05) is 0 Å². The SMILES string of the molecule is C[C@@H]1N[C@@H]2CCCCCCCC(=O)O[C@H]3CC[C@H](CCCCCCCC(=O)O[C@H]1CC2)N[C@H]3C. The summed E-state index contributed by atoms with van der Waals surface area (Å²) in [6.45, 7) is 4.31. The molecule has 2 N–H and O–H groups in total. The molecule has 6 rings (SSSR count). The van der Waals surface area contributed by atoms with Gasteiger partial charge in [-0.15, -0.1) is 0 Å². The maximum absolute atomic E-state index is 12.3. The van der Waals surface area contributed by atoms with Crippen molar-refractivity contribution >= 4 is 11.9 Å². The third-order valence-corrected chi connectivity index (χ3v) is 8.14. The number of hydrogen-bond donors (Lipinski definition) is 2. The molecule has 0 unspecified atom stereocenters. The lowest BCUT2D eigenvalue weighted by atomic mass is 9.92. The van der Waals surface area contributed by atoms with Gasteiger partial charge in [-0.2, -0.15) is 0 Å². The molecule has 0 radical (unpaired) electrons. The smallest absolute Gasteiger partial charge is 0.306 e. The predicted octanol–water partition coefficient (Wildman–Crippen LogP) is 5.57. The maximum atomic E-state index is 12.3. The van der Waals surface area contributed by atoms with Crippen molar-refractivity contribution in [2.75, 3.05) is 0 Å². The van der Waals surface area contributed by atoms with E-state index in [-0.39, 0.29) is 36.2 Å². The largest absolute Gasteiger partial charge is 0.461 e. The summed E-state index contributed by atoms with van der Waals surface area (Å²) >= 11 is 0. The molecule has 4 bridgehead atoms. The quantitative estimate of drug-likeness (QED) is 0.444. The fraction of sp³-hybridized carbons (Fsp3) is 0.929. The molecule has 6 nitrogen and oxygen atoms in total. The van der Waals surface area contributed by atoms with Crippen LogP contribution in [0.2, 0.25) is 0 Å². The number of piperidine rings is 2. The molecule has 6 heteroatoms. The van der Waals surface area contributed by atoms with Crippen LogP contribution in [0.4, 0.5) is 0 Å². The minimum Gasteiger partial charge on any atom is -0.461 e. The number of carbonyl (C=O) groups excluding carboxylic acids is 2. The number of ether oxygens (including phenoxy) is 2. The van der Waals surface area contributed by atoms with Crippen molar-refractivity contribution < 1.29 is 19.1 Å². The highest BCUT2D eigenvalue weighted by Gasteiger charge is 2.30. The monoisotopic (exact) mass is 478 g/mol. The highest BCUT2D eigenvalue weighted by molar-refractivity contribution is 5.69. The zero-order valence-corrected chi connectivity index (χ0v) is 21.8. The molecule has 0 spiro atoms. The second kappa shape index (κ2) is 15.1. The highest BCUT2D eigenvalue weighted by Crippen LogP contribution is 2.23. The molecule has 0 aromatic rings. The Balaban J connectivity index is 1.43. The summed E-state index contributed by atoms with van der Waals surface area (Å²) in [5, 5.41) is 7.35. The van der Waals surface area contributed by atoms with Crippen LogP contribution >= 0.6 is 0 Å². The average Bonchev–Trinajstić information content (AvgIpc) is 2.80. The molecule has 196 valence electrons. The third-order valence-electron chi connectivity index (χ3n) is 8.14. The van der Waals surface area contributed by atoms with Gasteiger partial charge in [-0.05, 0) is 65.2 Å². The fourth-order valence-electron chi connectivity index (χ4n) is 5.97. The Kier molecular flexibility index (Phi) is 12.2. The Labute approximate surface area is 207 Å². The summed E-state index contributed by atoms with van der Waals surface area (Å²) in [7, 11) is 0. The standard InChI is InChI=1S/C28H50N2O4/c1-21-25-19-17-23(29-21)13-9-5-3-8-12-16-28(32)34-26-20-18-24(30-22(26)2)14-10-6-4-7-11-15-27(31)33-25/h21-26,29-30H,3-20H2,1-2H3/t21-,22-,23-,24+,25-,26-/m0/s1. The van der Waals surface area contributed by atoms with E-state index in [0.29, 0.717) is 24.9 Å². The molecule has 6 aliphatic heterocycles. The van der Waals surface area contributed by atoms with Gasteiger partial charge in [0, 0.05) is 37.0 Å². The van der Waals surface area contributed by atoms with Crippen LogP contribution in [0.25, 0.3) is 0 Å². The lowest BCUT2D eigenvalue weighted by molar-refractivity contribution is -0.153. The molecule has 6 saturated heterocycles. The second-order valence-electron chi connectivity index (χ2n) is 11.1. The Morgan fingerprint density at radius 1 is 0.529 bits per heavy atom. The second-order valence-corrected chi connectivity index (χ2v) is 11.1. The Bertz CT molecular complexity index is 561. The molecule has 6 heterocycles. The van der Waals surface area contributed by atoms with Gasteiger partial charge < -0.3 is 20.1 Å². The zero-order valence-electron chi connectivity index (χ0n) is 21.8. The van der Waals surface area contributed by atoms with Crippen LogP contribution in [0.5, 0.6) is 0 Å². The van der Waals surface area contributed by atoms with Crippen molar-refractivity contribution in [1.82, 2.24) is 10.6 Å². The Hall–Kier alpha value is -1.14. The van der Waals surface area contributed by atoms with E-state index < -0.39 is 0 Å². The van der Waals surface area contributed by atoms with Gasteiger partial charge >= 0.3 is 11.9 Å². The molecular weight excluding hydrogens is 428 g/mol. The van der Waals surface area contributed by atoms with Gasteiger partial charge in [-0.3, -0.25) is 9.59 Å². The number of rotatable bonds is 0. The van der Waals surface area contributed by atoms with Gasteiger partial charge in [-0.25, -0.2) is 0 Å². The van der Waals surface area contributed by atoms with Crippen molar-refractivity contribution in [3.05, 3.63) is 0 Å². The lowest BCUT2D eigenvalue weighted by Gasteiger charge is -2.35. The maximum Gasteiger partial charge on any atom is 0.306 e. The minimum atomic E-state index is -0.0193. The van der Waals surface area contributed by atoms with Gasteiger partial charge in [0.15, 0.2) is 0 Å². The van der Waals surface area contributed by atoms with Crippen LogP contribution in [0.3, 0.4) is 0 Å². The topological polar surface area (TPSA) is 76.7 Å². The lowest BCUT2D eigenvalue weighted by Crippen LogP contribution is -2.50. The molecule has 0 aromatic heterocycles. The van der Waals surface area contributed by atoms with Gasteiger partial charge in [0.25, 0.3) is 0 Å². The molecule has 0 aliphatic carbocycles. The van der Waals surface area contributed by atoms with Crippen molar-refractivity contribution in [3.63, 3.8) is 0 Å². The van der Waals surface area contributed by atoms with E-state index in [9.17, 15) is 9.59 Å². The first-order valence-electron chi connectivity index (χ1n) is 14.4. The molecule has 0 aromatic carbocycles. The van der Waals surface area contributed by atoms with Gasteiger partial charge in [0.05, 0.1) is 0 Å². The van der Waals surface area contributed by atoms with Crippen LogP contribution in [-0.4, -0.2) is 48.3 Å². The molecule has 34 heavy (non-hydrogen) atoms. The number of hydrogen-bond acceptors (Lipinski definition) is 6. The highest BCUT2D eigenvalue weighted by atomic mass is 16.5. The average molecular weight is 479 g/mol. The van der Waals surface area contributed by atoms with Gasteiger partial charge in [0.1, 0.15) is 12.2 Å². The van der Waals surface area contributed by atoms with Crippen molar-refractivity contribution in [1.29, 1.82) is 0 Å². The van der Waals surface area contributed by atoms with E-state index in [1.165, 1.54) is 51.4 Å². The molecule has 0 amide bonds. The molecule has 6 fully saturated rings. The number of nitrogens with one attached hydrogen (secondary N) is 2. The molecule has 6 atom stereocenters. The van der Waals surface area contributed by atoms with Crippen molar-refractivity contribution in [2.24, 2.45) is 0 Å². The minimum absolute atomic E-state index is 0.0193. The van der Waals surface area contributed by atoms with Crippen LogP contribution in [0.15, 0.2) is 0 Å². The first-order valence-corrected chi connectivity index (χ1v) is 14.4. The van der Waals surface area contributed by atoms with Crippen LogP contribution in [0.1, 0.15) is 129 Å². The molecule has 0 saturated carbocycles. The zero-order chi connectivity index (χ0) is 24.2. The fourth-order valence-corrected chi connectivity index (χ4v) is 5.97. The number of carbonyl (C=O) groups is 2. The summed E-state index contributed by atoms with van der Waals surface area (Å²) in [4.78, 5) is 24.6. The van der Waals surface area contributed by atoms with Crippen LogP contribution in [0, 0.1) is 0 Å². The van der Waals surface area contributed by atoms with E-state index in [0.717, 1.165) is 51.4 Å². The summed E-state index contributed by atoms with van der Waals surface area (Å²) in [5.74, 6) is -0.0385. The van der Waals surface area contributed by atoms with E-state index in [1.54, 1.807) is 0 Å².